The SMILES string of the molecule is Cc1cccc2cccc(N3CCc4c(nc(OCC5(N(CCN(C)C)C(=O)OC(C)(C)C)CC5)nc4N4CCN(C(=O)O)C(CC#N)C4)C3)c12. The van der Waals surface area contributed by atoms with Gasteiger partial charge in [-0.2, -0.15) is 15.2 Å². The Morgan fingerprint density at radius 2 is 1.80 bits per heavy atom. The lowest BCUT2D eigenvalue weighted by Crippen LogP contribution is -2.55. The molecule has 1 N–H and O–H groups in total. The molecule has 1 saturated carbocycles. The van der Waals surface area contributed by atoms with Crippen LogP contribution in [0.4, 0.5) is 21.1 Å². The number of nitriles is 1. The zero-order valence-electron chi connectivity index (χ0n) is 30.7. The molecule has 2 aromatic carbocycles. The summed E-state index contributed by atoms with van der Waals surface area (Å²) in [6, 6.07) is 14.6. The van der Waals surface area contributed by atoms with Crippen molar-refractivity contribution in [3.8, 4) is 12.1 Å². The Morgan fingerprint density at radius 1 is 1.06 bits per heavy atom. The predicted octanol–water partition coefficient (Wildman–Crippen LogP) is 5.29. The topological polar surface area (TPSA) is 139 Å². The molecule has 1 unspecified atom stereocenters. The van der Waals surface area contributed by atoms with Crippen molar-refractivity contribution in [1.82, 2.24) is 24.7 Å². The van der Waals surface area contributed by atoms with Crippen LogP contribution in [0.3, 0.4) is 0 Å². The maximum atomic E-state index is 13.5. The van der Waals surface area contributed by atoms with Gasteiger partial charge in [-0.15, -0.1) is 0 Å². The molecule has 51 heavy (non-hydrogen) atoms. The van der Waals surface area contributed by atoms with Gasteiger partial charge in [-0.3, -0.25) is 4.90 Å². The van der Waals surface area contributed by atoms with Crippen LogP contribution in [0, 0.1) is 18.3 Å². The van der Waals surface area contributed by atoms with Crippen LogP contribution in [0.5, 0.6) is 6.01 Å². The lowest BCUT2D eigenvalue weighted by Gasteiger charge is -2.41. The summed E-state index contributed by atoms with van der Waals surface area (Å²) in [4.78, 5) is 45.1. The number of amides is 2. The molecule has 2 amide bonds. The molecular formula is C38H50N8O5. The van der Waals surface area contributed by atoms with E-state index in [-0.39, 0.29) is 31.7 Å². The molecule has 13 heteroatoms. The summed E-state index contributed by atoms with van der Waals surface area (Å²) in [5.74, 6) is 0.721. The lowest BCUT2D eigenvalue weighted by molar-refractivity contribution is 0.00462. The second-order valence-corrected chi connectivity index (χ2v) is 15.3. The van der Waals surface area contributed by atoms with E-state index in [0.717, 1.165) is 42.1 Å². The summed E-state index contributed by atoms with van der Waals surface area (Å²) in [6.07, 6.45) is 0.943. The first-order chi connectivity index (χ1) is 24.3. The number of aryl methyl sites for hydroxylation is 1. The number of carbonyl (C=O) groups is 2. The van der Waals surface area contributed by atoms with Gasteiger partial charge in [0.1, 0.15) is 18.0 Å². The number of aromatic nitrogens is 2. The smallest absolute Gasteiger partial charge is 0.410 e. The molecule has 3 aliphatic rings. The van der Waals surface area contributed by atoms with Crippen molar-refractivity contribution in [2.75, 3.05) is 69.8 Å². The van der Waals surface area contributed by atoms with Crippen molar-refractivity contribution in [2.45, 2.75) is 77.1 Å². The average molecular weight is 699 g/mol. The van der Waals surface area contributed by atoms with Gasteiger partial charge in [0.25, 0.3) is 0 Å². The van der Waals surface area contributed by atoms with E-state index < -0.39 is 23.3 Å². The maximum Gasteiger partial charge on any atom is 0.410 e. The van der Waals surface area contributed by atoms with Crippen molar-refractivity contribution in [1.29, 1.82) is 5.26 Å². The number of nitrogens with zero attached hydrogens (tertiary/aromatic N) is 8. The second kappa shape index (κ2) is 14.4. The minimum absolute atomic E-state index is 0.0869. The Balaban J connectivity index is 1.33. The number of carbonyl (C=O) groups excluding carboxylic acids is 1. The van der Waals surface area contributed by atoms with Crippen molar-refractivity contribution in [3.05, 3.63) is 53.2 Å². The minimum Gasteiger partial charge on any atom is -0.465 e. The van der Waals surface area contributed by atoms with E-state index in [1.54, 1.807) is 4.90 Å². The number of rotatable bonds is 10. The Bertz CT molecular complexity index is 1810. The summed E-state index contributed by atoms with van der Waals surface area (Å²) < 4.78 is 12.3. The number of hydrogen-bond acceptors (Lipinski definition) is 10. The number of anilines is 2. The summed E-state index contributed by atoms with van der Waals surface area (Å²) in [6.45, 7) is 11.5. The highest BCUT2D eigenvalue weighted by Gasteiger charge is 2.52. The second-order valence-electron chi connectivity index (χ2n) is 15.3. The number of fused-ring (bicyclic) bond motifs is 2. The molecular weight excluding hydrogens is 648 g/mol. The van der Waals surface area contributed by atoms with Crippen LogP contribution < -0.4 is 14.5 Å². The largest absolute Gasteiger partial charge is 0.465 e. The number of ether oxygens (including phenoxy) is 2. The van der Waals surface area contributed by atoms with E-state index in [2.05, 4.69) is 59.2 Å². The summed E-state index contributed by atoms with van der Waals surface area (Å²) in [5.41, 5.74) is 3.05. The third kappa shape index (κ3) is 7.91. The predicted molar refractivity (Wildman–Crippen MR) is 195 cm³/mol. The normalized spacial score (nSPS) is 18.3. The van der Waals surface area contributed by atoms with E-state index in [9.17, 15) is 20.0 Å². The van der Waals surface area contributed by atoms with Gasteiger partial charge in [-0.1, -0.05) is 30.3 Å². The molecule has 1 aromatic heterocycles. The lowest BCUT2D eigenvalue weighted by atomic mass is 9.99. The summed E-state index contributed by atoms with van der Waals surface area (Å²) >= 11 is 0. The molecule has 13 nitrogen and oxygen atoms in total. The zero-order chi connectivity index (χ0) is 36.5. The molecule has 3 aromatic rings. The average Bonchev–Trinajstić information content (AvgIpc) is 3.86. The molecule has 6 rings (SSSR count). The van der Waals surface area contributed by atoms with E-state index in [1.165, 1.54) is 21.2 Å². The van der Waals surface area contributed by atoms with Gasteiger partial charge >= 0.3 is 18.2 Å². The number of benzene rings is 2. The molecule has 2 aliphatic heterocycles. The maximum absolute atomic E-state index is 13.5. The first-order valence-corrected chi connectivity index (χ1v) is 17.8. The highest BCUT2D eigenvalue weighted by molar-refractivity contribution is 5.97. The van der Waals surface area contributed by atoms with Crippen LogP contribution in [0.1, 0.15) is 56.9 Å². The molecule has 1 atom stereocenters. The number of likely N-dealkylation sites (N-methyl/N-ethyl adjacent to an activating group) is 1. The number of hydrogen-bond donors (Lipinski definition) is 1. The van der Waals surface area contributed by atoms with E-state index in [0.29, 0.717) is 39.1 Å². The monoisotopic (exact) mass is 698 g/mol. The van der Waals surface area contributed by atoms with Crippen LogP contribution in [-0.4, -0.2) is 119 Å². The highest BCUT2D eigenvalue weighted by Crippen LogP contribution is 2.43. The quantitative estimate of drug-likeness (QED) is 0.296. The molecule has 1 saturated heterocycles. The van der Waals surface area contributed by atoms with Gasteiger partial charge in [0.2, 0.25) is 0 Å². The van der Waals surface area contributed by atoms with Crippen LogP contribution in [0.25, 0.3) is 10.8 Å². The zero-order valence-corrected chi connectivity index (χ0v) is 30.7. The van der Waals surface area contributed by atoms with Gasteiger partial charge in [-0.25, -0.2) is 9.59 Å². The first-order valence-electron chi connectivity index (χ1n) is 17.8. The minimum atomic E-state index is -1.02. The van der Waals surface area contributed by atoms with E-state index in [1.807, 2.05) is 39.8 Å². The molecule has 2 fully saturated rings. The molecule has 0 bridgehead atoms. The van der Waals surface area contributed by atoms with Crippen LogP contribution >= 0.6 is 0 Å². The molecule has 272 valence electrons. The van der Waals surface area contributed by atoms with Gasteiger partial charge in [0.15, 0.2) is 0 Å². The van der Waals surface area contributed by atoms with Crippen LogP contribution in [0.2, 0.25) is 0 Å². The van der Waals surface area contributed by atoms with Gasteiger partial charge < -0.3 is 34.2 Å². The molecule has 0 radical (unpaired) electrons. The Kier molecular flexibility index (Phi) is 10.2. The fraction of sp³-hybridized carbons (Fsp3) is 0.553. The van der Waals surface area contributed by atoms with Gasteiger partial charge in [0.05, 0.1) is 36.3 Å². The van der Waals surface area contributed by atoms with E-state index >= 15 is 0 Å². The summed E-state index contributed by atoms with van der Waals surface area (Å²) in [7, 11) is 3.96. The van der Waals surface area contributed by atoms with Gasteiger partial charge in [-0.05, 0) is 78.1 Å². The highest BCUT2D eigenvalue weighted by atomic mass is 16.6. The van der Waals surface area contributed by atoms with Crippen molar-refractivity contribution in [3.63, 3.8) is 0 Å². The fourth-order valence-corrected chi connectivity index (χ4v) is 7.24. The van der Waals surface area contributed by atoms with Crippen LogP contribution in [0.15, 0.2) is 36.4 Å². The van der Waals surface area contributed by atoms with Gasteiger partial charge in [0, 0.05) is 55.9 Å². The molecule has 1 aliphatic carbocycles. The number of carboxylic acid groups (broad SMARTS) is 1. The summed E-state index contributed by atoms with van der Waals surface area (Å²) in [5, 5.41) is 21.8. The molecule has 3 heterocycles. The van der Waals surface area contributed by atoms with Crippen molar-refractivity contribution >= 4 is 34.5 Å². The van der Waals surface area contributed by atoms with Crippen LogP contribution in [-0.2, 0) is 17.7 Å². The standard InChI is InChI=1S/C38H50N8O5/c1-26-9-7-10-27-11-8-12-31(32(26)27)43-18-14-29-30(24-43)40-34(41-33(29)44-20-21-45(35(47)48)28(23-44)13-17-39)50-25-38(15-16-38)46(22-19-42(5)6)36(49)51-37(2,3)4/h7-12,28H,13-16,18-25H2,1-6H3,(H,47,48). The third-order valence-electron chi connectivity index (χ3n) is 10.1. The Labute approximate surface area is 300 Å². The number of piperazine rings is 1. The first kappa shape index (κ1) is 36.0. The van der Waals surface area contributed by atoms with Crippen molar-refractivity contribution < 1.29 is 24.2 Å². The molecule has 0 spiro atoms. The Hall–Kier alpha value is -4.83. The Morgan fingerprint density at radius 3 is 2.47 bits per heavy atom. The third-order valence-corrected chi connectivity index (χ3v) is 10.1. The van der Waals surface area contributed by atoms with Crippen molar-refractivity contribution in [2.24, 2.45) is 0 Å². The fourth-order valence-electron chi connectivity index (χ4n) is 7.24. The van der Waals surface area contributed by atoms with E-state index in [4.69, 9.17) is 19.4 Å².